The molecule has 1 aromatic carbocycles. The minimum atomic E-state index is -0.0123. The van der Waals surface area contributed by atoms with E-state index in [1.807, 2.05) is 25.1 Å². The van der Waals surface area contributed by atoms with Gasteiger partial charge in [-0.3, -0.25) is 4.90 Å². The summed E-state index contributed by atoms with van der Waals surface area (Å²) in [6.45, 7) is 10.1. The molecule has 20 heavy (non-hydrogen) atoms. The maximum atomic E-state index is 6.08. The molecule has 0 amide bonds. The first kappa shape index (κ1) is 15.3. The van der Waals surface area contributed by atoms with E-state index < -0.39 is 0 Å². The first-order valence-corrected chi connectivity index (χ1v) is 7.36. The van der Waals surface area contributed by atoms with Crippen molar-refractivity contribution < 1.29 is 9.47 Å². The van der Waals surface area contributed by atoms with Crippen LogP contribution < -0.4 is 10.5 Å². The van der Waals surface area contributed by atoms with Crippen LogP contribution in [0.15, 0.2) is 24.3 Å². The van der Waals surface area contributed by atoms with Crippen molar-refractivity contribution in [2.45, 2.75) is 32.4 Å². The predicted octanol–water partition coefficient (Wildman–Crippen LogP) is 2.20. The van der Waals surface area contributed by atoms with E-state index in [0.717, 1.165) is 25.5 Å². The average molecular weight is 278 g/mol. The van der Waals surface area contributed by atoms with Gasteiger partial charge in [0.1, 0.15) is 5.75 Å². The highest BCUT2D eigenvalue weighted by molar-refractivity contribution is 5.36. The molecule has 0 aliphatic carbocycles. The SMILES string of the molecule is CCOc1ccccc1C(CN)N1CCOCC1(C)C. The van der Waals surface area contributed by atoms with Crippen molar-refractivity contribution in [3.63, 3.8) is 0 Å². The molecule has 1 saturated heterocycles. The zero-order valence-corrected chi connectivity index (χ0v) is 12.8. The van der Waals surface area contributed by atoms with Crippen molar-refractivity contribution in [3.05, 3.63) is 29.8 Å². The Kier molecular flexibility index (Phi) is 5.02. The summed E-state index contributed by atoms with van der Waals surface area (Å²) in [5, 5.41) is 0. The van der Waals surface area contributed by atoms with E-state index in [9.17, 15) is 0 Å². The summed E-state index contributed by atoms with van der Waals surface area (Å²) in [6.07, 6.45) is 0. The Morgan fingerprint density at radius 2 is 2.15 bits per heavy atom. The fraction of sp³-hybridized carbons (Fsp3) is 0.625. The summed E-state index contributed by atoms with van der Waals surface area (Å²) in [5.41, 5.74) is 7.24. The minimum Gasteiger partial charge on any atom is -0.494 e. The Bertz CT molecular complexity index is 434. The van der Waals surface area contributed by atoms with Crippen molar-refractivity contribution in [2.24, 2.45) is 5.73 Å². The molecule has 0 bridgehead atoms. The number of hydrogen-bond donors (Lipinski definition) is 1. The Balaban J connectivity index is 2.32. The molecule has 0 saturated carbocycles. The van der Waals surface area contributed by atoms with E-state index in [1.165, 1.54) is 5.56 Å². The third-order valence-electron chi connectivity index (χ3n) is 3.89. The number of benzene rings is 1. The third kappa shape index (κ3) is 3.14. The molecule has 112 valence electrons. The van der Waals surface area contributed by atoms with Crippen LogP contribution in [0.5, 0.6) is 5.75 Å². The summed E-state index contributed by atoms with van der Waals surface area (Å²) in [6, 6.07) is 8.36. The number of nitrogens with zero attached hydrogens (tertiary/aromatic N) is 1. The molecule has 1 fully saturated rings. The van der Waals surface area contributed by atoms with Crippen LogP contribution in [-0.2, 0) is 4.74 Å². The number of hydrogen-bond acceptors (Lipinski definition) is 4. The Morgan fingerprint density at radius 3 is 2.80 bits per heavy atom. The van der Waals surface area contributed by atoms with Gasteiger partial charge < -0.3 is 15.2 Å². The van der Waals surface area contributed by atoms with Crippen molar-refractivity contribution in [1.29, 1.82) is 0 Å². The lowest BCUT2D eigenvalue weighted by atomic mass is 9.95. The van der Waals surface area contributed by atoms with Gasteiger partial charge in [0.2, 0.25) is 0 Å². The van der Waals surface area contributed by atoms with Gasteiger partial charge in [0.15, 0.2) is 0 Å². The maximum absolute atomic E-state index is 6.08. The van der Waals surface area contributed by atoms with E-state index in [2.05, 4.69) is 24.8 Å². The van der Waals surface area contributed by atoms with Gasteiger partial charge in [0.05, 0.1) is 25.9 Å². The van der Waals surface area contributed by atoms with Crippen LogP contribution in [0, 0.1) is 0 Å². The molecule has 1 aliphatic heterocycles. The molecule has 1 atom stereocenters. The molecule has 4 nitrogen and oxygen atoms in total. The van der Waals surface area contributed by atoms with Crippen LogP contribution in [0.4, 0.5) is 0 Å². The Hall–Kier alpha value is -1.10. The third-order valence-corrected chi connectivity index (χ3v) is 3.89. The molecular formula is C16H26N2O2. The van der Waals surface area contributed by atoms with Crippen LogP contribution in [0.2, 0.25) is 0 Å². The zero-order chi connectivity index (χ0) is 14.6. The van der Waals surface area contributed by atoms with Crippen LogP contribution in [0.25, 0.3) is 0 Å². The fourth-order valence-electron chi connectivity index (χ4n) is 2.91. The van der Waals surface area contributed by atoms with E-state index >= 15 is 0 Å². The second kappa shape index (κ2) is 6.57. The van der Waals surface area contributed by atoms with Crippen LogP contribution in [-0.4, -0.2) is 43.3 Å². The molecule has 2 rings (SSSR count). The summed E-state index contributed by atoms with van der Waals surface area (Å²) in [7, 11) is 0. The lowest BCUT2D eigenvalue weighted by Gasteiger charge is -2.46. The first-order valence-electron chi connectivity index (χ1n) is 7.36. The quantitative estimate of drug-likeness (QED) is 0.897. The molecular weight excluding hydrogens is 252 g/mol. The standard InChI is InChI=1S/C16H26N2O2/c1-4-20-15-8-6-5-7-13(15)14(11-17)18-9-10-19-12-16(18,2)3/h5-8,14H,4,9-12,17H2,1-3H3. The smallest absolute Gasteiger partial charge is 0.124 e. The second-order valence-corrected chi connectivity index (χ2v) is 5.78. The maximum Gasteiger partial charge on any atom is 0.124 e. The molecule has 1 unspecified atom stereocenters. The highest BCUT2D eigenvalue weighted by atomic mass is 16.5. The Labute approximate surface area is 121 Å². The van der Waals surface area contributed by atoms with Gasteiger partial charge in [0.25, 0.3) is 0 Å². The number of morpholine rings is 1. The summed E-state index contributed by atoms with van der Waals surface area (Å²) in [4.78, 5) is 2.44. The predicted molar refractivity (Wildman–Crippen MR) is 81.0 cm³/mol. The highest BCUT2D eigenvalue weighted by Crippen LogP contribution is 2.34. The summed E-state index contributed by atoms with van der Waals surface area (Å²) in [5.74, 6) is 0.938. The minimum absolute atomic E-state index is 0.0123. The van der Waals surface area contributed by atoms with Gasteiger partial charge in [-0.05, 0) is 26.8 Å². The van der Waals surface area contributed by atoms with Crippen molar-refractivity contribution >= 4 is 0 Å². The van der Waals surface area contributed by atoms with Crippen LogP contribution in [0.3, 0.4) is 0 Å². The van der Waals surface area contributed by atoms with Gasteiger partial charge in [-0.1, -0.05) is 18.2 Å². The largest absolute Gasteiger partial charge is 0.494 e. The summed E-state index contributed by atoms with van der Waals surface area (Å²) >= 11 is 0. The topological polar surface area (TPSA) is 47.7 Å². The monoisotopic (exact) mass is 278 g/mol. The highest BCUT2D eigenvalue weighted by Gasteiger charge is 2.36. The molecule has 2 N–H and O–H groups in total. The molecule has 0 spiro atoms. The number of para-hydroxylation sites is 1. The molecule has 0 radical (unpaired) electrons. The van der Waals surface area contributed by atoms with Gasteiger partial charge >= 0.3 is 0 Å². The van der Waals surface area contributed by atoms with E-state index in [0.29, 0.717) is 13.2 Å². The Morgan fingerprint density at radius 1 is 1.40 bits per heavy atom. The van der Waals surface area contributed by atoms with Gasteiger partial charge in [0, 0.05) is 24.2 Å². The summed E-state index contributed by atoms with van der Waals surface area (Å²) < 4.78 is 11.4. The normalized spacial score (nSPS) is 20.6. The molecule has 4 heteroatoms. The molecule has 1 heterocycles. The van der Waals surface area contributed by atoms with Gasteiger partial charge in [-0.2, -0.15) is 0 Å². The first-order chi connectivity index (χ1) is 9.60. The van der Waals surface area contributed by atoms with Crippen LogP contribution >= 0.6 is 0 Å². The van der Waals surface area contributed by atoms with Crippen molar-refractivity contribution in [2.75, 3.05) is 32.9 Å². The molecule has 1 aliphatic rings. The lowest BCUT2D eigenvalue weighted by Crippen LogP contribution is -2.55. The zero-order valence-electron chi connectivity index (χ0n) is 12.8. The average Bonchev–Trinajstić information content (AvgIpc) is 2.43. The van der Waals surface area contributed by atoms with Crippen molar-refractivity contribution in [3.8, 4) is 5.75 Å². The van der Waals surface area contributed by atoms with Gasteiger partial charge in [-0.25, -0.2) is 0 Å². The lowest BCUT2D eigenvalue weighted by molar-refractivity contribution is -0.0716. The van der Waals surface area contributed by atoms with Crippen molar-refractivity contribution in [1.82, 2.24) is 4.90 Å². The van der Waals surface area contributed by atoms with E-state index in [4.69, 9.17) is 15.2 Å². The van der Waals surface area contributed by atoms with E-state index in [-0.39, 0.29) is 11.6 Å². The number of nitrogens with two attached hydrogens (primary N) is 1. The number of rotatable bonds is 5. The van der Waals surface area contributed by atoms with Gasteiger partial charge in [-0.15, -0.1) is 0 Å². The molecule has 0 aromatic heterocycles. The fourth-order valence-corrected chi connectivity index (χ4v) is 2.91. The number of ether oxygens (including phenoxy) is 2. The molecule has 1 aromatic rings. The van der Waals surface area contributed by atoms with E-state index in [1.54, 1.807) is 0 Å². The second-order valence-electron chi connectivity index (χ2n) is 5.78. The van der Waals surface area contributed by atoms with Crippen LogP contribution in [0.1, 0.15) is 32.4 Å².